The predicted molar refractivity (Wildman–Crippen MR) is 108 cm³/mol. The van der Waals surface area contributed by atoms with E-state index in [4.69, 9.17) is 11.6 Å². The second-order valence-electron chi connectivity index (χ2n) is 6.55. The van der Waals surface area contributed by atoms with E-state index in [2.05, 4.69) is 10.3 Å². The number of nitrogens with one attached hydrogen (secondary N) is 1. The molecule has 0 aliphatic carbocycles. The second kappa shape index (κ2) is 10.6. The van der Waals surface area contributed by atoms with Crippen molar-refractivity contribution < 1.29 is 9.18 Å². The van der Waals surface area contributed by atoms with Crippen molar-refractivity contribution in [2.45, 2.75) is 38.3 Å². The minimum atomic E-state index is -0.439. The molecule has 7 heteroatoms. The SMILES string of the molecule is Cl.O=C(Cc1c(F)cccc1Cl)N(Cc1ccccn1)C1CCCNCC1. The van der Waals surface area contributed by atoms with E-state index in [-0.39, 0.29) is 36.3 Å². The van der Waals surface area contributed by atoms with Gasteiger partial charge in [0.1, 0.15) is 5.82 Å². The number of halogens is 3. The van der Waals surface area contributed by atoms with Gasteiger partial charge < -0.3 is 10.2 Å². The van der Waals surface area contributed by atoms with Crippen molar-refractivity contribution in [3.8, 4) is 0 Å². The maximum atomic E-state index is 14.1. The van der Waals surface area contributed by atoms with Gasteiger partial charge in [0.05, 0.1) is 18.7 Å². The third-order valence-electron chi connectivity index (χ3n) is 4.75. The summed E-state index contributed by atoms with van der Waals surface area (Å²) < 4.78 is 14.1. The fourth-order valence-corrected chi connectivity index (χ4v) is 3.58. The van der Waals surface area contributed by atoms with Crippen LogP contribution in [0.2, 0.25) is 5.02 Å². The van der Waals surface area contributed by atoms with Gasteiger partial charge in [0.25, 0.3) is 0 Å². The van der Waals surface area contributed by atoms with E-state index in [9.17, 15) is 9.18 Å². The van der Waals surface area contributed by atoms with Gasteiger partial charge in [-0.3, -0.25) is 9.78 Å². The summed E-state index contributed by atoms with van der Waals surface area (Å²) in [5, 5.41) is 3.66. The Hall–Kier alpha value is -1.69. The highest BCUT2D eigenvalue weighted by Gasteiger charge is 2.26. The lowest BCUT2D eigenvalue weighted by Crippen LogP contribution is -2.41. The van der Waals surface area contributed by atoms with Crippen LogP contribution in [0.3, 0.4) is 0 Å². The average Bonchev–Trinajstić information content (AvgIpc) is 2.93. The van der Waals surface area contributed by atoms with Gasteiger partial charge in [-0.1, -0.05) is 23.7 Å². The van der Waals surface area contributed by atoms with Crippen LogP contribution in [0, 0.1) is 5.82 Å². The number of rotatable bonds is 5. The average molecular weight is 412 g/mol. The summed E-state index contributed by atoms with van der Waals surface area (Å²) in [4.78, 5) is 19.3. The van der Waals surface area contributed by atoms with E-state index >= 15 is 0 Å². The molecule has 0 saturated carbocycles. The van der Waals surface area contributed by atoms with Gasteiger partial charge in [-0.25, -0.2) is 4.39 Å². The first-order valence-corrected chi connectivity index (χ1v) is 9.36. The molecule has 1 saturated heterocycles. The number of nitrogens with zero attached hydrogens (tertiary/aromatic N) is 2. The Morgan fingerprint density at radius 3 is 2.81 bits per heavy atom. The maximum absolute atomic E-state index is 14.1. The van der Waals surface area contributed by atoms with E-state index in [0.717, 1.165) is 38.0 Å². The standard InChI is InChI=1S/C20H23ClFN3O.ClH/c21-18-7-3-8-19(22)17(18)13-20(26)25(14-15-5-1-2-11-24-15)16-6-4-10-23-12-9-16;/h1-3,5,7-8,11,16,23H,4,6,9-10,12-14H2;1H. The summed E-state index contributed by atoms with van der Waals surface area (Å²) in [6.07, 6.45) is 4.50. The zero-order chi connectivity index (χ0) is 18.4. The van der Waals surface area contributed by atoms with E-state index < -0.39 is 5.82 Å². The predicted octanol–water partition coefficient (Wildman–Crippen LogP) is 4.01. The van der Waals surface area contributed by atoms with Crippen molar-refractivity contribution in [1.29, 1.82) is 0 Å². The third-order valence-corrected chi connectivity index (χ3v) is 5.11. The Bertz CT molecular complexity index is 717. The van der Waals surface area contributed by atoms with Gasteiger partial charge in [-0.05, 0) is 56.6 Å². The van der Waals surface area contributed by atoms with Gasteiger partial charge in [0, 0.05) is 22.8 Å². The van der Waals surface area contributed by atoms with Crippen LogP contribution in [0.4, 0.5) is 4.39 Å². The number of hydrogen-bond donors (Lipinski definition) is 1. The van der Waals surface area contributed by atoms with Gasteiger partial charge >= 0.3 is 0 Å². The second-order valence-corrected chi connectivity index (χ2v) is 6.96. The summed E-state index contributed by atoms with van der Waals surface area (Å²) in [6.45, 7) is 2.26. The molecule has 1 N–H and O–H groups in total. The minimum absolute atomic E-state index is 0. The van der Waals surface area contributed by atoms with Crippen LogP contribution in [-0.4, -0.2) is 34.9 Å². The highest BCUT2D eigenvalue weighted by molar-refractivity contribution is 6.31. The molecule has 0 radical (unpaired) electrons. The van der Waals surface area contributed by atoms with Gasteiger partial charge in [0.2, 0.25) is 5.91 Å². The number of benzene rings is 1. The molecule has 1 aromatic heterocycles. The molecule has 2 heterocycles. The molecule has 27 heavy (non-hydrogen) atoms. The highest BCUT2D eigenvalue weighted by Crippen LogP contribution is 2.23. The first kappa shape index (κ1) is 21.6. The highest BCUT2D eigenvalue weighted by atomic mass is 35.5. The molecule has 146 valence electrons. The first-order valence-electron chi connectivity index (χ1n) is 8.98. The largest absolute Gasteiger partial charge is 0.333 e. The Balaban J connectivity index is 0.00000261. The molecular weight excluding hydrogens is 388 g/mol. The first-order chi connectivity index (χ1) is 12.6. The molecule has 1 fully saturated rings. The molecule has 3 rings (SSSR count). The summed E-state index contributed by atoms with van der Waals surface area (Å²) in [6, 6.07) is 10.3. The molecule has 0 bridgehead atoms. The molecule has 1 aliphatic heterocycles. The zero-order valence-electron chi connectivity index (χ0n) is 15.0. The van der Waals surface area contributed by atoms with Crippen LogP contribution < -0.4 is 5.32 Å². The molecule has 1 unspecified atom stereocenters. The van der Waals surface area contributed by atoms with Crippen LogP contribution in [0.5, 0.6) is 0 Å². The van der Waals surface area contributed by atoms with Gasteiger partial charge in [0.15, 0.2) is 0 Å². The molecular formula is C20H24Cl2FN3O. The van der Waals surface area contributed by atoms with Crippen LogP contribution in [0.15, 0.2) is 42.6 Å². The van der Waals surface area contributed by atoms with E-state index in [1.54, 1.807) is 18.3 Å². The summed E-state index contributed by atoms with van der Waals surface area (Å²) in [5.74, 6) is -0.555. The molecule has 1 atom stereocenters. The lowest BCUT2D eigenvalue weighted by molar-refractivity contribution is -0.133. The fourth-order valence-electron chi connectivity index (χ4n) is 3.35. The molecule has 1 aromatic carbocycles. The molecule has 1 aliphatic rings. The minimum Gasteiger partial charge on any atom is -0.333 e. The lowest BCUT2D eigenvalue weighted by atomic mass is 10.0. The molecule has 4 nitrogen and oxygen atoms in total. The van der Waals surface area contributed by atoms with Crippen LogP contribution in [0.25, 0.3) is 0 Å². The summed E-state index contributed by atoms with van der Waals surface area (Å²) >= 11 is 6.12. The van der Waals surface area contributed by atoms with Crippen molar-refractivity contribution in [2.24, 2.45) is 0 Å². The van der Waals surface area contributed by atoms with E-state index in [0.29, 0.717) is 11.6 Å². The fraction of sp³-hybridized carbons (Fsp3) is 0.400. The third kappa shape index (κ3) is 5.89. The van der Waals surface area contributed by atoms with Crippen molar-refractivity contribution in [3.63, 3.8) is 0 Å². The van der Waals surface area contributed by atoms with Crippen LogP contribution >= 0.6 is 24.0 Å². The number of carbonyl (C=O) groups excluding carboxylic acids is 1. The van der Waals surface area contributed by atoms with Crippen molar-refractivity contribution >= 4 is 29.9 Å². The quantitative estimate of drug-likeness (QED) is 0.807. The monoisotopic (exact) mass is 411 g/mol. The van der Waals surface area contributed by atoms with E-state index in [1.807, 2.05) is 23.1 Å². The summed E-state index contributed by atoms with van der Waals surface area (Å²) in [5.41, 5.74) is 1.09. The molecule has 2 aromatic rings. The number of amides is 1. The van der Waals surface area contributed by atoms with Crippen molar-refractivity contribution in [1.82, 2.24) is 15.2 Å². The smallest absolute Gasteiger partial charge is 0.227 e. The van der Waals surface area contributed by atoms with Crippen LogP contribution in [-0.2, 0) is 17.8 Å². The molecule has 0 spiro atoms. The van der Waals surface area contributed by atoms with Gasteiger partial charge in [-0.2, -0.15) is 0 Å². The zero-order valence-corrected chi connectivity index (χ0v) is 16.6. The maximum Gasteiger partial charge on any atom is 0.227 e. The normalized spacial score (nSPS) is 16.9. The van der Waals surface area contributed by atoms with Crippen LogP contribution in [0.1, 0.15) is 30.5 Å². The Morgan fingerprint density at radius 1 is 1.22 bits per heavy atom. The number of pyridine rings is 1. The molecule has 1 amide bonds. The number of carbonyl (C=O) groups is 1. The Labute approximate surface area is 170 Å². The summed E-state index contributed by atoms with van der Waals surface area (Å²) in [7, 11) is 0. The lowest BCUT2D eigenvalue weighted by Gasteiger charge is -2.31. The Morgan fingerprint density at radius 2 is 2.07 bits per heavy atom. The number of aromatic nitrogens is 1. The van der Waals surface area contributed by atoms with Gasteiger partial charge in [-0.15, -0.1) is 12.4 Å². The van der Waals surface area contributed by atoms with E-state index in [1.165, 1.54) is 6.07 Å². The Kier molecular flexibility index (Phi) is 8.48. The topological polar surface area (TPSA) is 45.2 Å². The van der Waals surface area contributed by atoms with Crippen molar-refractivity contribution in [2.75, 3.05) is 13.1 Å². The number of hydrogen-bond acceptors (Lipinski definition) is 3. The van der Waals surface area contributed by atoms with Crippen molar-refractivity contribution in [3.05, 3.63) is 64.7 Å².